The van der Waals surface area contributed by atoms with Crippen LogP contribution in [0.15, 0.2) is 48.5 Å². The topological polar surface area (TPSA) is 72.8 Å². The minimum atomic E-state index is 0.110. The Balaban J connectivity index is 1.86. The minimum absolute atomic E-state index is 0.110. The second-order valence-electron chi connectivity index (χ2n) is 6.08. The predicted octanol–water partition coefficient (Wildman–Crippen LogP) is 4.29. The van der Waals surface area contributed by atoms with Crippen LogP contribution in [0.1, 0.15) is 6.92 Å². The molecule has 0 spiro atoms. The zero-order chi connectivity index (χ0) is 18.8. The van der Waals surface area contributed by atoms with Crippen molar-refractivity contribution >= 4 is 5.82 Å². The Morgan fingerprint density at radius 1 is 1.11 bits per heavy atom. The molecule has 6 nitrogen and oxygen atoms in total. The lowest BCUT2D eigenvalue weighted by Gasteiger charge is -2.13. The summed E-state index contributed by atoms with van der Waals surface area (Å²) in [5, 5.41) is 13.7. The molecule has 0 saturated carbocycles. The zero-order valence-electron chi connectivity index (χ0n) is 15.2. The highest BCUT2D eigenvalue weighted by atomic mass is 16.7. The first kappa shape index (κ1) is 17.0. The molecule has 1 aromatic heterocycles. The molecule has 1 aliphatic heterocycles. The number of hydrogen-bond donors (Lipinski definition) is 2. The lowest BCUT2D eigenvalue weighted by molar-refractivity contribution is 0.174. The Bertz CT molecular complexity index is 988. The Morgan fingerprint density at radius 2 is 2.00 bits per heavy atom. The van der Waals surface area contributed by atoms with Gasteiger partial charge in [0.05, 0.1) is 12.8 Å². The van der Waals surface area contributed by atoms with Crippen molar-refractivity contribution in [2.45, 2.75) is 6.92 Å². The predicted molar refractivity (Wildman–Crippen MR) is 104 cm³/mol. The molecule has 138 valence electrons. The average Bonchev–Trinajstić information content (AvgIpc) is 3.16. The van der Waals surface area contributed by atoms with E-state index in [1.165, 1.54) is 0 Å². The lowest BCUT2D eigenvalue weighted by atomic mass is 10.0. The Hall–Kier alpha value is -3.41. The van der Waals surface area contributed by atoms with Crippen LogP contribution < -0.4 is 19.5 Å². The molecule has 0 amide bonds. The average molecular weight is 364 g/mol. The highest BCUT2D eigenvalue weighted by molar-refractivity contribution is 5.81. The third-order valence-corrected chi connectivity index (χ3v) is 4.37. The maximum atomic E-state index is 10.4. The van der Waals surface area contributed by atoms with Gasteiger partial charge < -0.3 is 24.6 Å². The summed E-state index contributed by atoms with van der Waals surface area (Å²) < 4.78 is 16.3. The molecule has 0 aliphatic carbocycles. The Kier molecular flexibility index (Phi) is 4.46. The summed E-state index contributed by atoms with van der Waals surface area (Å²) >= 11 is 0. The van der Waals surface area contributed by atoms with E-state index in [0.29, 0.717) is 17.0 Å². The molecule has 0 radical (unpaired) electrons. The molecule has 0 fully saturated rings. The Morgan fingerprint density at radius 3 is 2.78 bits per heavy atom. The quantitative estimate of drug-likeness (QED) is 0.704. The molecule has 0 saturated heterocycles. The maximum absolute atomic E-state index is 10.4. The van der Waals surface area contributed by atoms with Crippen LogP contribution in [0.25, 0.3) is 22.4 Å². The van der Waals surface area contributed by atoms with Gasteiger partial charge in [-0.05, 0) is 42.8 Å². The number of fused-ring (bicyclic) bond motifs is 1. The first-order chi connectivity index (χ1) is 13.2. The highest BCUT2D eigenvalue weighted by Crippen LogP contribution is 2.43. The molecular weight excluding hydrogens is 344 g/mol. The summed E-state index contributed by atoms with van der Waals surface area (Å²) in [6.07, 6.45) is 0. The van der Waals surface area contributed by atoms with Crippen LogP contribution in [-0.2, 0) is 0 Å². The van der Waals surface area contributed by atoms with E-state index in [2.05, 4.69) is 10.3 Å². The number of aromatic nitrogens is 1. The number of pyridine rings is 1. The van der Waals surface area contributed by atoms with Crippen LogP contribution >= 0.6 is 0 Å². The number of benzene rings is 2. The van der Waals surface area contributed by atoms with Gasteiger partial charge in [-0.15, -0.1) is 0 Å². The van der Waals surface area contributed by atoms with Gasteiger partial charge in [0.2, 0.25) is 6.79 Å². The van der Waals surface area contributed by atoms with Gasteiger partial charge in [-0.25, -0.2) is 4.98 Å². The number of methoxy groups -OCH3 is 1. The van der Waals surface area contributed by atoms with Gasteiger partial charge in [0.25, 0.3) is 0 Å². The third-order valence-electron chi connectivity index (χ3n) is 4.37. The SMILES string of the molecule is CCNc1cc(-c2cccc3c2OCO3)cc(-c2ccc(OC)cc2O)n1. The summed E-state index contributed by atoms with van der Waals surface area (Å²) in [6, 6.07) is 14.9. The highest BCUT2D eigenvalue weighted by Gasteiger charge is 2.20. The molecule has 2 aromatic carbocycles. The fraction of sp³-hybridized carbons (Fsp3) is 0.190. The monoisotopic (exact) mass is 364 g/mol. The normalized spacial score (nSPS) is 12.1. The van der Waals surface area contributed by atoms with E-state index in [9.17, 15) is 5.11 Å². The number of rotatable bonds is 5. The standard InChI is InChI=1S/C21H20N2O4/c1-3-22-20-10-13(15-5-4-6-19-21(15)27-12-26-19)9-17(23-20)16-8-7-14(25-2)11-18(16)24/h4-11,24H,3,12H2,1-2H3,(H,22,23). The van der Waals surface area contributed by atoms with Crippen LogP contribution in [0.4, 0.5) is 5.82 Å². The van der Waals surface area contributed by atoms with Crippen LogP contribution in [-0.4, -0.2) is 30.5 Å². The summed E-state index contributed by atoms with van der Waals surface area (Å²) in [4.78, 5) is 4.64. The van der Waals surface area contributed by atoms with E-state index in [1.54, 1.807) is 25.3 Å². The molecule has 2 heterocycles. The lowest BCUT2D eigenvalue weighted by Crippen LogP contribution is -2.01. The summed E-state index contributed by atoms with van der Waals surface area (Å²) in [6.45, 7) is 2.96. The number of nitrogens with one attached hydrogen (secondary N) is 1. The van der Waals surface area contributed by atoms with Crippen molar-refractivity contribution in [3.63, 3.8) is 0 Å². The number of hydrogen-bond acceptors (Lipinski definition) is 6. The van der Waals surface area contributed by atoms with Gasteiger partial charge >= 0.3 is 0 Å². The molecule has 3 aromatic rings. The zero-order valence-corrected chi connectivity index (χ0v) is 15.2. The summed E-state index contributed by atoms with van der Waals surface area (Å²) in [7, 11) is 1.56. The number of phenolic OH excluding ortho intramolecular Hbond substituents is 1. The molecule has 27 heavy (non-hydrogen) atoms. The number of ether oxygens (including phenoxy) is 3. The van der Waals surface area contributed by atoms with E-state index in [4.69, 9.17) is 14.2 Å². The van der Waals surface area contributed by atoms with Crippen molar-refractivity contribution in [2.75, 3.05) is 25.8 Å². The number of aromatic hydroxyl groups is 1. The Labute approximate surface area is 157 Å². The van der Waals surface area contributed by atoms with E-state index >= 15 is 0 Å². The largest absolute Gasteiger partial charge is 0.507 e. The van der Waals surface area contributed by atoms with Crippen LogP contribution in [0, 0.1) is 0 Å². The molecule has 6 heteroatoms. The number of nitrogens with zero attached hydrogens (tertiary/aromatic N) is 1. The van der Waals surface area contributed by atoms with E-state index in [1.807, 2.05) is 37.3 Å². The molecule has 0 atom stereocenters. The molecule has 2 N–H and O–H groups in total. The molecular formula is C21H20N2O4. The van der Waals surface area contributed by atoms with Crippen LogP contribution in [0.5, 0.6) is 23.0 Å². The number of anilines is 1. The van der Waals surface area contributed by atoms with Crippen LogP contribution in [0.2, 0.25) is 0 Å². The first-order valence-electron chi connectivity index (χ1n) is 8.72. The van der Waals surface area contributed by atoms with Crippen molar-refractivity contribution in [3.05, 3.63) is 48.5 Å². The maximum Gasteiger partial charge on any atom is 0.231 e. The fourth-order valence-corrected chi connectivity index (χ4v) is 3.11. The van der Waals surface area contributed by atoms with E-state index in [0.717, 1.165) is 35.0 Å². The van der Waals surface area contributed by atoms with Crippen molar-refractivity contribution in [1.82, 2.24) is 4.98 Å². The second kappa shape index (κ2) is 7.07. The summed E-state index contributed by atoms with van der Waals surface area (Å²) in [5.74, 6) is 2.86. The number of phenols is 1. The number of para-hydroxylation sites is 1. The van der Waals surface area contributed by atoms with Gasteiger partial charge in [-0.3, -0.25) is 0 Å². The molecule has 0 bridgehead atoms. The van der Waals surface area contributed by atoms with Crippen molar-refractivity contribution in [3.8, 4) is 45.4 Å². The van der Waals surface area contributed by atoms with Crippen molar-refractivity contribution in [2.24, 2.45) is 0 Å². The van der Waals surface area contributed by atoms with E-state index < -0.39 is 0 Å². The molecule has 0 unspecified atom stereocenters. The van der Waals surface area contributed by atoms with Gasteiger partial charge in [-0.2, -0.15) is 0 Å². The smallest absolute Gasteiger partial charge is 0.231 e. The second-order valence-corrected chi connectivity index (χ2v) is 6.08. The first-order valence-corrected chi connectivity index (χ1v) is 8.72. The van der Waals surface area contributed by atoms with Crippen molar-refractivity contribution in [1.29, 1.82) is 0 Å². The van der Waals surface area contributed by atoms with E-state index in [-0.39, 0.29) is 12.5 Å². The molecule has 1 aliphatic rings. The van der Waals surface area contributed by atoms with Gasteiger partial charge in [-0.1, -0.05) is 12.1 Å². The minimum Gasteiger partial charge on any atom is -0.507 e. The fourth-order valence-electron chi connectivity index (χ4n) is 3.11. The summed E-state index contributed by atoms with van der Waals surface area (Å²) in [5.41, 5.74) is 3.12. The third kappa shape index (κ3) is 3.21. The van der Waals surface area contributed by atoms with Crippen LogP contribution in [0.3, 0.4) is 0 Å². The van der Waals surface area contributed by atoms with Gasteiger partial charge in [0.15, 0.2) is 11.5 Å². The van der Waals surface area contributed by atoms with Crippen molar-refractivity contribution < 1.29 is 19.3 Å². The van der Waals surface area contributed by atoms with Gasteiger partial charge in [0.1, 0.15) is 17.3 Å². The molecule has 4 rings (SSSR count). The van der Waals surface area contributed by atoms with Gasteiger partial charge in [0, 0.05) is 23.7 Å².